The number of anilines is 1. The quantitative estimate of drug-likeness (QED) is 0.619. The minimum Gasteiger partial charge on any atom is -0.444 e. The summed E-state index contributed by atoms with van der Waals surface area (Å²) in [5.41, 5.74) is 5.55. The van der Waals surface area contributed by atoms with Gasteiger partial charge in [0.2, 0.25) is 5.95 Å². The monoisotopic (exact) mass is 262 g/mol. The fourth-order valence-corrected chi connectivity index (χ4v) is 1.11. The van der Waals surface area contributed by atoms with Gasteiger partial charge in [0.05, 0.1) is 5.56 Å². The van der Waals surface area contributed by atoms with Gasteiger partial charge in [0.15, 0.2) is 0 Å². The lowest BCUT2D eigenvalue weighted by atomic mass is 10.2. The second-order valence-corrected chi connectivity index (χ2v) is 4.81. The third-order valence-electron chi connectivity index (χ3n) is 1.82. The van der Waals surface area contributed by atoms with Crippen molar-refractivity contribution >= 4 is 12.0 Å². The predicted molar refractivity (Wildman–Crippen MR) is 72.2 cm³/mol. The first-order valence-corrected chi connectivity index (χ1v) is 5.90. The van der Waals surface area contributed by atoms with Gasteiger partial charge in [-0.25, -0.2) is 14.8 Å². The molecular weight excluding hydrogens is 244 g/mol. The highest BCUT2D eigenvalue weighted by Gasteiger charge is 2.15. The molecule has 0 saturated carbocycles. The Bertz CT molecular complexity index is 480. The number of nitrogen functional groups attached to an aromatic ring is 1. The molecule has 1 aromatic rings. The molecule has 0 atom stereocenters. The average molecular weight is 262 g/mol. The Morgan fingerprint density at radius 2 is 2.05 bits per heavy atom. The van der Waals surface area contributed by atoms with Gasteiger partial charge >= 0.3 is 6.09 Å². The number of hydrogen-bond acceptors (Lipinski definition) is 5. The van der Waals surface area contributed by atoms with Crippen molar-refractivity contribution in [1.82, 2.24) is 15.3 Å². The first kappa shape index (κ1) is 14.8. The molecule has 0 bridgehead atoms. The largest absolute Gasteiger partial charge is 0.444 e. The molecule has 6 heteroatoms. The second kappa shape index (κ2) is 6.59. The molecule has 1 rings (SSSR count). The highest BCUT2D eigenvalue weighted by Crippen LogP contribution is 2.06. The van der Waals surface area contributed by atoms with Crippen LogP contribution in [0.2, 0.25) is 0 Å². The minimum absolute atomic E-state index is 0.220. The second-order valence-electron chi connectivity index (χ2n) is 4.81. The molecule has 0 aliphatic carbocycles. The fraction of sp³-hybridized carbons (Fsp3) is 0.462. The Labute approximate surface area is 112 Å². The highest BCUT2D eigenvalue weighted by atomic mass is 16.6. The number of carbonyl (C=O) groups is 1. The van der Waals surface area contributed by atoms with Crippen molar-refractivity contribution in [2.45, 2.75) is 32.8 Å². The van der Waals surface area contributed by atoms with Crippen LogP contribution in [-0.2, 0) is 4.74 Å². The van der Waals surface area contributed by atoms with Gasteiger partial charge in [-0.15, -0.1) is 0 Å². The SMILES string of the molecule is CC(C)(C)OC(=O)NCCC#Cc1cnc(N)nc1. The van der Waals surface area contributed by atoms with E-state index in [0.29, 0.717) is 18.5 Å². The van der Waals surface area contributed by atoms with Gasteiger partial charge in [0.1, 0.15) is 5.60 Å². The van der Waals surface area contributed by atoms with E-state index in [0.717, 1.165) is 0 Å². The molecule has 0 saturated heterocycles. The van der Waals surface area contributed by atoms with Crippen molar-refractivity contribution < 1.29 is 9.53 Å². The van der Waals surface area contributed by atoms with E-state index in [1.807, 2.05) is 20.8 Å². The fourth-order valence-electron chi connectivity index (χ4n) is 1.11. The van der Waals surface area contributed by atoms with Crippen LogP contribution in [0.5, 0.6) is 0 Å². The third-order valence-corrected chi connectivity index (χ3v) is 1.82. The molecule has 19 heavy (non-hydrogen) atoms. The number of rotatable bonds is 2. The van der Waals surface area contributed by atoms with Crippen molar-refractivity contribution in [3.63, 3.8) is 0 Å². The number of nitrogens with two attached hydrogens (primary N) is 1. The smallest absolute Gasteiger partial charge is 0.407 e. The lowest BCUT2D eigenvalue weighted by molar-refractivity contribution is 0.0529. The average Bonchev–Trinajstić information content (AvgIpc) is 2.29. The maximum absolute atomic E-state index is 11.3. The van der Waals surface area contributed by atoms with E-state index >= 15 is 0 Å². The van der Waals surface area contributed by atoms with Gasteiger partial charge in [0, 0.05) is 25.4 Å². The van der Waals surface area contributed by atoms with Gasteiger partial charge in [-0.3, -0.25) is 0 Å². The molecule has 0 aromatic carbocycles. The lowest BCUT2D eigenvalue weighted by Crippen LogP contribution is -2.32. The summed E-state index contributed by atoms with van der Waals surface area (Å²) in [5, 5.41) is 2.62. The van der Waals surface area contributed by atoms with Crippen LogP contribution in [0.3, 0.4) is 0 Å². The van der Waals surface area contributed by atoms with Crippen LogP contribution >= 0.6 is 0 Å². The van der Waals surface area contributed by atoms with E-state index in [-0.39, 0.29) is 5.95 Å². The lowest BCUT2D eigenvalue weighted by Gasteiger charge is -2.19. The minimum atomic E-state index is -0.489. The Morgan fingerprint density at radius 3 is 2.63 bits per heavy atom. The molecule has 0 aliphatic heterocycles. The summed E-state index contributed by atoms with van der Waals surface area (Å²) >= 11 is 0. The maximum Gasteiger partial charge on any atom is 0.407 e. The van der Waals surface area contributed by atoms with Gasteiger partial charge in [-0.2, -0.15) is 0 Å². The van der Waals surface area contributed by atoms with Crippen molar-refractivity contribution in [2.75, 3.05) is 12.3 Å². The third kappa shape index (κ3) is 6.88. The standard InChI is InChI=1S/C13H18N4O2/c1-13(2,3)19-12(18)15-7-5-4-6-10-8-16-11(14)17-9-10/h8-9H,5,7H2,1-3H3,(H,15,18)(H2,14,16,17). The molecule has 6 nitrogen and oxygen atoms in total. The molecule has 1 amide bonds. The molecule has 102 valence electrons. The summed E-state index contributed by atoms with van der Waals surface area (Å²) in [5.74, 6) is 5.99. The van der Waals surface area contributed by atoms with Crippen molar-refractivity contribution in [3.8, 4) is 11.8 Å². The molecule has 0 fully saturated rings. The number of aromatic nitrogens is 2. The van der Waals surface area contributed by atoms with Gasteiger partial charge < -0.3 is 15.8 Å². The summed E-state index contributed by atoms with van der Waals surface area (Å²) in [4.78, 5) is 19.0. The first-order valence-electron chi connectivity index (χ1n) is 5.90. The zero-order valence-corrected chi connectivity index (χ0v) is 11.4. The van der Waals surface area contributed by atoms with Crippen LogP contribution in [0, 0.1) is 11.8 Å². The zero-order valence-electron chi connectivity index (χ0n) is 11.4. The predicted octanol–water partition coefficient (Wildman–Crippen LogP) is 1.33. The summed E-state index contributed by atoms with van der Waals surface area (Å²) < 4.78 is 5.08. The van der Waals surface area contributed by atoms with E-state index in [2.05, 4.69) is 27.1 Å². The molecule has 1 heterocycles. The molecule has 1 aromatic heterocycles. The molecule has 3 N–H and O–H groups in total. The number of carbonyl (C=O) groups excluding carboxylic acids is 1. The number of ether oxygens (including phenoxy) is 1. The first-order chi connectivity index (χ1) is 8.87. The van der Waals surface area contributed by atoms with Crippen molar-refractivity contribution in [1.29, 1.82) is 0 Å². The highest BCUT2D eigenvalue weighted by molar-refractivity contribution is 5.67. The Balaban J connectivity index is 2.28. The van der Waals surface area contributed by atoms with Crippen LogP contribution in [0.1, 0.15) is 32.8 Å². The van der Waals surface area contributed by atoms with Crippen LogP contribution in [0.25, 0.3) is 0 Å². The number of nitrogens with one attached hydrogen (secondary N) is 1. The van der Waals surface area contributed by atoms with Gasteiger partial charge in [-0.05, 0) is 20.8 Å². The Hall–Kier alpha value is -2.29. The zero-order chi connectivity index (χ0) is 14.3. The van der Waals surface area contributed by atoms with E-state index in [1.54, 1.807) is 12.4 Å². The Morgan fingerprint density at radius 1 is 1.42 bits per heavy atom. The number of amides is 1. The summed E-state index contributed by atoms with van der Waals surface area (Å²) in [6.45, 7) is 5.87. The van der Waals surface area contributed by atoms with Crippen LogP contribution in [0.15, 0.2) is 12.4 Å². The summed E-state index contributed by atoms with van der Waals surface area (Å²) in [7, 11) is 0. The summed E-state index contributed by atoms with van der Waals surface area (Å²) in [6, 6.07) is 0. The molecule has 0 spiro atoms. The van der Waals surface area contributed by atoms with Crippen LogP contribution in [-0.4, -0.2) is 28.2 Å². The molecule has 0 unspecified atom stereocenters. The number of nitrogens with zero attached hydrogens (tertiary/aromatic N) is 2. The summed E-state index contributed by atoms with van der Waals surface area (Å²) in [6.07, 6.45) is 3.18. The van der Waals surface area contributed by atoms with Crippen LogP contribution < -0.4 is 11.1 Å². The topological polar surface area (TPSA) is 90.1 Å². The molecular formula is C13H18N4O2. The maximum atomic E-state index is 11.3. The van der Waals surface area contributed by atoms with Crippen molar-refractivity contribution in [2.24, 2.45) is 0 Å². The number of hydrogen-bond donors (Lipinski definition) is 2. The van der Waals surface area contributed by atoms with E-state index in [9.17, 15) is 4.79 Å². The molecule has 0 radical (unpaired) electrons. The van der Waals surface area contributed by atoms with Crippen molar-refractivity contribution in [3.05, 3.63) is 18.0 Å². The Kier molecular flexibility index (Phi) is 5.12. The van der Waals surface area contributed by atoms with E-state index in [1.165, 1.54) is 0 Å². The van der Waals surface area contributed by atoms with E-state index < -0.39 is 11.7 Å². The van der Waals surface area contributed by atoms with Gasteiger partial charge in [-0.1, -0.05) is 11.8 Å². The normalized spacial score (nSPS) is 10.3. The molecule has 0 aliphatic rings. The number of alkyl carbamates (subject to hydrolysis) is 1. The van der Waals surface area contributed by atoms with Crippen LogP contribution in [0.4, 0.5) is 10.7 Å². The van der Waals surface area contributed by atoms with E-state index in [4.69, 9.17) is 10.5 Å². The van der Waals surface area contributed by atoms with Gasteiger partial charge in [0.25, 0.3) is 0 Å².